The number of aromatic amines is 1. The number of anilines is 1. The minimum Gasteiger partial charge on any atom is -0.453 e. The van der Waals surface area contributed by atoms with Crippen molar-refractivity contribution in [1.29, 1.82) is 0 Å². The van der Waals surface area contributed by atoms with E-state index in [2.05, 4.69) is 25.0 Å². The van der Waals surface area contributed by atoms with E-state index in [1.54, 1.807) is 0 Å². The van der Waals surface area contributed by atoms with Gasteiger partial charge in [0.2, 0.25) is 5.95 Å². The first-order valence-electron chi connectivity index (χ1n) is 8.09. The van der Waals surface area contributed by atoms with E-state index in [0.29, 0.717) is 17.0 Å². The number of carbonyl (C=O) groups is 2. The number of hydrogen-bond acceptors (Lipinski definition) is 5. The number of hydrogen-bond donors (Lipinski definition) is 2. The summed E-state index contributed by atoms with van der Waals surface area (Å²) in [5, 5.41) is 2.51. The molecule has 2 N–H and O–H groups in total. The zero-order valence-corrected chi connectivity index (χ0v) is 14.3. The molecule has 26 heavy (non-hydrogen) atoms. The van der Waals surface area contributed by atoms with Crippen LogP contribution >= 0.6 is 0 Å². The molecule has 2 aromatic carbocycles. The van der Waals surface area contributed by atoms with Crippen molar-refractivity contribution in [3.8, 4) is 0 Å². The molecule has 1 aliphatic heterocycles. The molecule has 0 atom stereocenters. The maximum absolute atomic E-state index is 12.2. The fourth-order valence-electron chi connectivity index (χ4n) is 3.13. The van der Waals surface area contributed by atoms with Crippen LogP contribution in [0.2, 0.25) is 0 Å². The second-order valence-corrected chi connectivity index (χ2v) is 6.02. The van der Waals surface area contributed by atoms with Gasteiger partial charge in [0.05, 0.1) is 23.9 Å². The maximum Gasteiger partial charge on any atom is 0.413 e. The molecule has 0 unspecified atom stereocenters. The lowest BCUT2D eigenvalue weighted by Gasteiger charge is -2.18. The summed E-state index contributed by atoms with van der Waals surface area (Å²) in [6.07, 6.45) is -0.594. The Kier molecular flexibility index (Phi) is 3.76. The Bertz CT molecular complexity index is 1080. The molecule has 0 aliphatic carbocycles. The number of H-pyrrole nitrogens is 1. The van der Waals surface area contributed by atoms with E-state index in [4.69, 9.17) is 0 Å². The van der Waals surface area contributed by atoms with Crippen LogP contribution in [0.1, 0.15) is 27.0 Å². The number of ketones is 1. The third-order valence-electron chi connectivity index (χ3n) is 4.35. The average Bonchev–Trinajstić information content (AvgIpc) is 3.04. The van der Waals surface area contributed by atoms with E-state index in [9.17, 15) is 9.59 Å². The van der Waals surface area contributed by atoms with Crippen molar-refractivity contribution in [3.63, 3.8) is 0 Å². The maximum atomic E-state index is 12.2. The van der Waals surface area contributed by atoms with Crippen LogP contribution in [-0.4, -0.2) is 41.2 Å². The first kappa shape index (κ1) is 16.0. The summed E-state index contributed by atoms with van der Waals surface area (Å²) in [5.74, 6) is 0.334. The Hall–Kier alpha value is -3.48. The highest BCUT2D eigenvalue weighted by Crippen LogP contribution is 2.25. The van der Waals surface area contributed by atoms with E-state index in [1.807, 2.05) is 43.3 Å². The minimum atomic E-state index is -0.594. The molecule has 1 aromatic heterocycles. The Morgan fingerprint density at radius 3 is 2.92 bits per heavy atom. The topological polar surface area (TPSA) is 96.4 Å². The number of Topliss-reactive ketones (excluding diaryl/α,β-unsaturated/α-hetero) is 1. The standard InChI is InChI=1S/C19H16N4O3/c1-10-4-3-5-12-15(24)9-20-17(16(10)12)11-6-7-13-14(8-11)22-18(21-13)23-19(25)26-2/h3-8H,9H2,1-2H3,(H2,21,22,23,25). The number of ether oxygens (including phenoxy) is 1. The van der Waals surface area contributed by atoms with Gasteiger partial charge >= 0.3 is 6.09 Å². The van der Waals surface area contributed by atoms with Crippen LogP contribution < -0.4 is 5.32 Å². The van der Waals surface area contributed by atoms with Crippen LogP contribution in [0.3, 0.4) is 0 Å². The smallest absolute Gasteiger partial charge is 0.413 e. The highest BCUT2D eigenvalue weighted by molar-refractivity contribution is 6.23. The number of methoxy groups -OCH3 is 1. The van der Waals surface area contributed by atoms with Gasteiger partial charge in [-0.1, -0.05) is 24.3 Å². The van der Waals surface area contributed by atoms with Crippen LogP contribution in [-0.2, 0) is 4.74 Å². The second-order valence-electron chi connectivity index (χ2n) is 6.02. The molecule has 0 bridgehead atoms. The Balaban J connectivity index is 1.78. The predicted octanol–water partition coefficient (Wildman–Crippen LogP) is 3.08. The number of aryl methyl sites for hydroxylation is 1. The van der Waals surface area contributed by atoms with Crippen molar-refractivity contribution in [2.24, 2.45) is 4.99 Å². The number of aromatic nitrogens is 2. The van der Waals surface area contributed by atoms with Gasteiger partial charge in [-0.2, -0.15) is 0 Å². The van der Waals surface area contributed by atoms with Gasteiger partial charge in [0.15, 0.2) is 5.78 Å². The van der Waals surface area contributed by atoms with Crippen LogP contribution in [0.25, 0.3) is 11.0 Å². The Morgan fingerprint density at radius 2 is 2.12 bits per heavy atom. The number of amides is 1. The SMILES string of the molecule is COC(=O)Nc1nc2ccc(C3=NCC(=O)c4cccc(C)c43)cc2[nH]1. The monoisotopic (exact) mass is 348 g/mol. The van der Waals surface area contributed by atoms with E-state index in [-0.39, 0.29) is 12.3 Å². The van der Waals surface area contributed by atoms with Gasteiger partial charge in [-0.25, -0.2) is 9.78 Å². The number of aliphatic imine (C=N–C) groups is 1. The molecular formula is C19H16N4O3. The molecule has 2 heterocycles. The molecule has 1 amide bonds. The summed E-state index contributed by atoms with van der Waals surface area (Å²) in [7, 11) is 1.29. The molecule has 7 heteroatoms. The highest BCUT2D eigenvalue weighted by Gasteiger charge is 2.23. The van der Waals surface area contributed by atoms with Gasteiger partial charge in [0.1, 0.15) is 6.54 Å². The van der Waals surface area contributed by atoms with E-state index >= 15 is 0 Å². The predicted molar refractivity (Wildman–Crippen MR) is 98.1 cm³/mol. The van der Waals surface area contributed by atoms with Crippen molar-refractivity contribution >= 4 is 34.6 Å². The number of carbonyl (C=O) groups excluding carboxylic acids is 2. The highest BCUT2D eigenvalue weighted by atomic mass is 16.5. The van der Waals surface area contributed by atoms with Gasteiger partial charge in [0.25, 0.3) is 0 Å². The number of imidazole rings is 1. The van der Waals surface area contributed by atoms with Crippen LogP contribution in [0.5, 0.6) is 0 Å². The average molecular weight is 348 g/mol. The summed E-state index contributed by atoms with van der Waals surface area (Å²) in [5.41, 5.74) is 5.71. The Morgan fingerprint density at radius 1 is 1.27 bits per heavy atom. The molecule has 0 saturated carbocycles. The lowest BCUT2D eigenvalue weighted by Crippen LogP contribution is -2.21. The Labute approximate surface area is 149 Å². The molecule has 0 radical (unpaired) electrons. The van der Waals surface area contributed by atoms with Crippen molar-refractivity contribution in [2.45, 2.75) is 6.92 Å². The third-order valence-corrected chi connectivity index (χ3v) is 4.35. The van der Waals surface area contributed by atoms with Crippen LogP contribution in [0, 0.1) is 6.92 Å². The van der Waals surface area contributed by atoms with Crippen molar-refractivity contribution < 1.29 is 14.3 Å². The van der Waals surface area contributed by atoms with Crippen molar-refractivity contribution in [2.75, 3.05) is 19.0 Å². The number of nitrogens with zero attached hydrogens (tertiary/aromatic N) is 2. The number of fused-ring (bicyclic) bond motifs is 2. The number of rotatable bonds is 2. The molecule has 0 saturated heterocycles. The molecule has 3 aromatic rings. The molecule has 0 fully saturated rings. The van der Waals surface area contributed by atoms with Gasteiger partial charge in [-0.3, -0.25) is 15.1 Å². The van der Waals surface area contributed by atoms with E-state index in [0.717, 1.165) is 27.9 Å². The largest absolute Gasteiger partial charge is 0.453 e. The van der Waals surface area contributed by atoms with Gasteiger partial charge in [-0.05, 0) is 24.6 Å². The van der Waals surface area contributed by atoms with Gasteiger partial charge in [0, 0.05) is 16.7 Å². The lowest BCUT2D eigenvalue weighted by molar-refractivity contribution is 0.1000. The third kappa shape index (κ3) is 2.63. The molecule has 1 aliphatic rings. The number of benzene rings is 2. The summed E-state index contributed by atoms with van der Waals surface area (Å²) >= 11 is 0. The molecular weight excluding hydrogens is 332 g/mol. The molecule has 7 nitrogen and oxygen atoms in total. The molecule has 0 spiro atoms. The first-order valence-corrected chi connectivity index (χ1v) is 8.09. The van der Waals surface area contributed by atoms with E-state index in [1.165, 1.54) is 7.11 Å². The van der Waals surface area contributed by atoms with Gasteiger partial charge < -0.3 is 9.72 Å². The summed E-state index contributed by atoms with van der Waals surface area (Å²) < 4.78 is 4.57. The number of nitrogens with one attached hydrogen (secondary N) is 2. The first-order chi connectivity index (χ1) is 12.6. The zero-order valence-electron chi connectivity index (χ0n) is 14.3. The summed E-state index contributed by atoms with van der Waals surface area (Å²) in [4.78, 5) is 35.4. The fourth-order valence-corrected chi connectivity index (χ4v) is 3.13. The summed E-state index contributed by atoms with van der Waals surface area (Å²) in [6, 6.07) is 11.4. The molecule has 4 rings (SSSR count). The van der Waals surface area contributed by atoms with Crippen molar-refractivity contribution in [3.05, 3.63) is 58.7 Å². The van der Waals surface area contributed by atoms with Gasteiger partial charge in [-0.15, -0.1) is 0 Å². The fraction of sp³-hybridized carbons (Fsp3) is 0.158. The minimum absolute atomic E-state index is 0.0274. The summed E-state index contributed by atoms with van der Waals surface area (Å²) in [6.45, 7) is 2.11. The normalized spacial score (nSPS) is 13.3. The quantitative estimate of drug-likeness (QED) is 0.744. The zero-order chi connectivity index (χ0) is 18.3. The molecule has 130 valence electrons. The van der Waals surface area contributed by atoms with Crippen LogP contribution in [0.15, 0.2) is 41.4 Å². The second kappa shape index (κ2) is 6.11. The van der Waals surface area contributed by atoms with E-state index < -0.39 is 6.09 Å². The van der Waals surface area contributed by atoms with Crippen molar-refractivity contribution in [1.82, 2.24) is 9.97 Å². The lowest BCUT2D eigenvalue weighted by atomic mass is 9.89. The van der Waals surface area contributed by atoms with Crippen LogP contribution in [0.4, 0.5) is 10.7 Å².